The first-order valence-electron chi connectivity index (χ1n) is 4.57. The number of benzene rings is 1. The van der Waals surface area contributed by atoms with Crippen molar-refractivity contribution in [3.8, 4) is 0 Å². The second kappa shape index (κ2) is 5.82. The lowest BCUT2D eigenvalue weighted by Crippen LogP contribution is -2.21. The molecule has 0 saturated carbocycles. The lowest BCUT2D eigenvalue weighted by atomic mass is 10.0. The van der Waals surface area contributed by atoms with Gasteiger partial charge >= 0.3 is 0 Å². The van der Waals surface area contributed by atoms with Gasteiger partial charge < -0.3 is 15.9 Å². The summed E-state index contributed by atoms with van der Waals surface area (Å²) in [5.41, 5.74) is 5.92. The van der Waals surface area contributed by atoms with E-state index in [9.17, 15) is 10.2 Å². The Hall–Kier alpha value is -0.130. The maximum absolute atomic E-state index is 9.77. The minimum Gasteiger partial charge on any atom is -0.390 e. The number of rotatable bonds is 4. The van der Waals surface area contributed by atoms with Crippen LogP contribution in [0.4, 0.5) is 0 Å². The van der Waals surface area contributed by atoms with Gasteiger partial charge in [-0.3, -0.25) is 0 Å². The third-order valence-corrected chi connectivity index (χ3v) is 3.33. The molecule has 1 rings (SSSR count). The third-order valence-electron chi connectivity index (χ3n) is 2.11. The molecule has 0 aliphatic heterocycles. The van der Waals surface area contributed by atoms with Crippen LogP contribution in [0.15, 0.2) is 22.7 Å². The molecule has 84 valence electrons. The fourth-order valence-electron chi connectivity index (χ4n) is 1.25. The van der Waals surface area contributed by atoms with Gasteiger partial charge in [0.05, 0.1) is 11.1 Å². The van der Waals surface area contributed by atoms with Crippen molar-refractivity contribution >= 4 is 27.5 Å². The average molecular weight is 295 g/mol. The van der Waals surface area contributed by atoms with E-state index < -0.39 is 12.2 Å². The first kappa shape index (κ1) is 12.9. The van der Waals surface area contributed by atoms with Crippen LogP contribution in [0.5, 0.6) is 0 Å². The normalized spacial score (nSPS) is 15.0. The van der Waals surface area contributed by atoms with Crippen molar-refractivity contribution in [2.45, 2.75) is 18.6 Å². The van der Waals surface area contributed by atoms with Crippen LogP contribution in [0.2, 0.25) is 5.02 Å². The maximum Gasteiger partial charge on any atom is 0.105 e. The van der Waals surface area contributed by atoms with Crippen molar-refractivity contribution in [3.63, 3.8) is 0 Å². The summed E-state index contributed by atoms with van der Waals surface area (Å²) in [5.74, 6) is 0. The molecule has 0 spiro atoms. The predicted molar refractivity (Wildman–Crippen MR) is 63.8 cm³/mol. The van der Waals surface area contributed by atoms with E-state index in [1.807, 2.05) is 0 Å². The van der Waals surface area contributed by atoms with E-state index in [1.165, 1.54) is 0 Å². The summed E-state index contributed by atoms with van der Waals surface area (Å²) < 4.78 is 0.695. The molecule has 0 amide bonds. The first-order chi connectivity index (χ1) is 7.06. The lowest BCUT2D eigenvalue weighted by Gasteiger charge is -2.17. The van der Waals surface area contributed by atoms with Crippen LogP contribution in [0, 0.1) is 0 Å². The standard InChI is InChI=1S/C10H13BrClNO2/c11-7-5-6(1-2-8(7)12)10(15)9(14)3-4-13/h1-2,5,9-10,14-15H,3-4,13H2. The van der Waals surface area contributed by atoms with Gasteiger partial charge in [-0.25, -0.2) is 0 Å². The first-order valence-corrected chi connectivity index (χ1v) is 5.74. The van der Waals surface area contributed by atoms with Gasteiger partial charge in [0, 0.05) is 4.47 Å². The largest absolute Gasteiger partial charge is 0.390 e. The Morgan fingerprint density at radius 3 is 2.60 bits per heavy atom. The van der Waals surface area contributed by atoms with E-state index in [-0.39, 0.29) is 0 Å². The van der Waals surface area contributed by atoms with Crippen LogP contribution in [0.3, 0.4) is 0 Å². The predicted octanol–water partition coefficient (Wildman–Crippen LogP) is 1.85. The number of hydrogen-bond acceptors (Lipinski definition) is 3. The van der Waals surface area contributed by atoms with Crippen LogP contribution >= 0.6 is 27.5 Å². The van der Waals surface area contributed by atoms with Gasteiger partial charge in [-0.15, -0.1) is 0 Å². The summed E-state index contributed by atoms with van der Waals surface area (Å²) >= 11 is 9.07. The summed E-state index contributed by atoms with van der Waals surface area (Å²) in [6.45, 7) is 0.340. The van der Waals surface area contributed by atoms with Gasteiger partial charge in [0.2, 0.25) is 0 Å². The van der Waals surface area contributed by atoms with E-state index in [4.69, 9.17) is 17.3 Å². The fraction of sp³-hybridized carbons (Fsp3) is 0.400. The molecule has 0 aliphatic carbocycles. The zero-order chi connectivity index (χ0) is 11.4. The highest BCUT2D eigenvalue weighted by Gasteiger charge is 2.17. The zero-order valence-corrected chi connectivity index (χ0v) is 10.4. The molecule has 2 atom stereocenters. The number of hydrogen-bond donors (Lipinski definition) is 3. The number of halogens is 2. The topological polar surface area (TPSA) is 66.5 Å². The van der Waals surface area contributed by atoms with E-state index in [0.29, 0.717) is 28.0 Å². The Balaban J connectivity index is 2.81. The molecule has 3 nitrogen and oxygen atoms in total. The van der Waals surface area contributed by atoms with Gasteiger partial charge in [0.25, 0.3) is 0 Å². The molecule has 4 N–H and O–H groups in total. The lowest BCUT2D eigenvalue weighted by molar-refractivity contribution is 0.0150. The Kier molecular flexibility index (Phi) is 5.02. The van der Waals surface area contributed by atoms with E-state index in [2.05, 4.69) is 15.9 Å². The summed E-state index contributed by atoms with van der Waals surface area (Å²) in [6, 6.07) is 5.03. The second-order valence-corrected chi connectivity index (χ2v) is 4.52. The van der Waals surface area contributed by atoms with Crippen molar-refractivity contribution in [1.29, 1.82) is 0 Å². The molecule has 1 aromatic carbocycles. The molecule has 0 fully saturated rings. The van der Waals surface area contributed by atoms with Crippen LogP contribution in [-0.2, 0) is 0 Å². The quantitative estimate of drug-likeness (QED) is 0.794. The number of nitrogens with two attached hydrogens (primary N) is 1. The van der Waals surface area contributed by atoms with Crippen LogP contribution < -0.4 is 5.73 Å². The summed E-state index contributed by atoms with van der Waals surface area (Å²) in [4.78, 5) is 0. The molecule has 2 unspecified atom stereocenters. The van der Waals surface area contributed by atoms with E-state index in [1.54, 1.807) is 18.2 Å². The third kappa shape index (κ3) is 3.43. The van der Waals surface area contributed by atoms with Gasteiger partial charge in [0.1, 0.15) is 6.10 Å². The molecule has 15 heavy (non-hydrogen) atoms. The number of aliphatic hydroxyl groups is 2. The highest BCUT2D eigenvalue weighted by atomic mass is 79.9. The molecular formula is C10H13BrClNO2. The van der Waals surface area contributed by atoms with Crippen molar-refractivity contribution in [2.24, 2.45) is 5.73 Å². The Bertz CT molecular complexity index is 335. The number of aliphatic hydroxyl groups excluding tert-OH is 2. The molecule has 0 bridgehead atoms. The van der Waals surface area contributed by atoms with E-state index >= 15 is 0 Å². The Morgan fingerprint density at radius 1 is 1.40 bits per heavy atom. The Labute approximate surface area is 102 Å². The molecule has 0 aliphatic rings. The molecule has 0 saturated heterocycles. The van der Waals surface area contributed by atoms with Crippen LogP contribution in [0.25, 0.3) is 0 Å². The molecule has 1 aromatic rings. The van der Waals surface area contributed by atoms with Crippen LogP contribution in [-0.4, -0.2) is 22.9 Å². The summed E-state index contributed by atoms with van der Waals surface area (Å²) in [5, 5.41) is 19.9. The zero-order valence-electron chi connectivity index (χ0n) is 8.03. The van der Waals surface area contributed by atoms with Gasteiger partial charge in [-0.1, -0.05) is 17.7 Å². The molecule has 0 aromatic heterocycles. The van der Waals surface area contributed by atoms with Crippen molar-refractivity contribution in [3.05, 3.63) is 33.3 Å². The van der Waals surface area contributed by atoms with Gasteiger partial charge in [0.15, 0.2) is 0 Å². The molecule has 0 heterocycles. The Morgan fingerprint density at radius 2 is 2.07 bits per heavy atom. The highest BCUT2D eigenvalue weighted by molar-refractivity contribution is 9.10. The van der Waals surface area contributed by atoms with Gasteiger partial charge in [-0.05, 0) is 46.6 Å². The smallest absolute Gasteiger partial charge is 0.105 e. The maximum atomic E-state index is 9.77. The fourth-order valence-corrected chi connectivity index (χ4v) is 1.76. The monoisotopic (exact) mass is 293 g/mol. The minimum absolute atomic E-state index is 0.340. The minimum atomic E-state index is -0.929. The van der Waals surface area contributed by atoms with Crippen molar-refractivity contribution in [1.82, 2.24) is 0 Å². The molecular weight excluding hydrogens is 281 g/mol. The molecule has 5 heteroatoms. The average Bonchev–Trinajstić information content (AvgIpc) is 2.21. The summed E-state index contributed by atoms with van der Waals surface area (Å²) in [6.07, 6.45) is -1.41. The summed E-state index contributed by atoms with van der Waals surface area (Å²) in [7, 11) is 0. The SMILES string of the molecule is NCCC(O)C(O)c1ccc(Cl)c(Br)c1. The van der Waals surface area contributed by atoms with Crippen LogP contribution in [0.1, 0.15) is 18.1 Å². The molecule has 0 radical (unpaired) electrons. The van der Waals surface area contributed by atoms with E-state index in [0.717, 1.165) is 0 Å². The van der Waals surface area contributed by atoms with Crippen molar-refractivity contribution in [2.75, 3.05) is 6.54 Å². The van der Waals surface area contributed by atoms with Crippen molar-refractivity contribution < 1.29 is 10.2 Å². The second-order valence-electron chi connectivity index (χ2n) is 3.26. The highest BCUT2D eigenvalue weighted by Crippen LogP contribution is 2.27. The van der Waals surface area contributed by atoms with Gasteiger partial charge in [-0.2, -0.15) is 0 Å².